The van der Waals surface area contributed by atoms with E-state index in [0.717, 1.165) is 5.69 Å². The largest absolute Gasteiger partial charge is 0.387 e. The van der Waals surface area contributed by atoms with Crippen LogP contribution in [0.3, 0.4) is 0 Å². The Morgan fingerprint density at radius 3 is 2.94 bits per heavy atom. The number of carbonyl (C=O) groups is 1. The third kappa shape index (κ3) is 3.94. The number of amides is 1. The first-order chi connectivity index (χ1) is 17.6. The van der Waals surface area contributed by atoms with Gasteiger partial charge in [-0.05, 0) is 6.07 Å². The minimum Gasteiger partial charge on any atom is -0.387 e. The molecule has 5 rings (SSSR count). The van der Waals surface area contributed by atoms with Gasteiger partial charge in [0.15, 0.2) is 35.1 Å². The Kier molecular flexibility index (Phi) is 4.93. The zero-order chi connectivity index (χ0) is 26.3. The fourth-order valence-electron chi connectivity index (χ4n) is 3.63. The van der Waals surface area contributed by atoms with Gasteiger partial charge >= 0.3 is 0 Å². The van der Waals surface area contributed by atoms with Gasteiger partial charge in [-0.15, -0.1) is 0 Å². The van der Waals surface area contributed by atoms with E-state index in [1.54, 1.807) is 17.6 Å². The maximum atomic E-state index is 12.4. The predicted molar refractivity (Wildman–Crippen MR) is 119 cm³/mol. The van der Waals surface area contributed by atoms with E-state index in [-0.39, 0.29) is 11.5 Å². The van der Waals surface area contributed by atoms with Gasteiger partial charge in [-0.1, -0.05) is 11.6 Å². The number of aromatic amines is 1. The van der Waals surface area contributed by atoms with Crippen molar-refractivity contribution in [3.63, 3.8) is 0 Å². The number of fused-ring (bicyclic) bond motifs is 1. The molecule has 1 fully saturated rings. The predicted octanol–water partition coefficient (Wildman–Crippen LogP) is 0.242. The van der Waals surface area contributed by atoms with Crippen LogP contribution in [-0.2, 0) is 16.1 Å². The molecule has 0 spiro atoms. The molecular formula is C20H20ClN9O4. The lowest BCUT2D eigenvalue weighted by atomic mass is 10.1. The molecular weight excluding hydrogens is 466 g/mol. The van der Waals surface area contributed by atoms with Crippen LogP contribution >= 0.6 is 11.6 Å². The number of hydrogen-bond donors (Lipinski definition) is 5. The molecule has 4 aromatic rings. The number of hydrogen-bond acceptors (Lipinski definition) is 10. The van der Waals surface area contributed by atoms with Crippen molar-refractivity contribution in [1.82, 2.24) is 39.8 Å². The molecule has 1 aliphatic rings. The smallest absolute Gasteiger partial charge is 0.251 e. The van der Waals surface area contributed by atoms with Crippen molar-refractivity contribution in [2.75, 3.05) is 12.3 Å². The molecule has 5 heterocycles. The molecule has 0 aromatic carbocycles. The molecule has 176 valence electrons. The summed E-state index contributed by atoms with van der Waals surface area (Å²) in [4.78, 5) is 36.8. The lowest BCUT2D eigenvalue weighted by Crippen LogP contribution is -2.41. The molecule has 14 heteroatoms. The maximum absolute atomic E-state index is 12.4. The topological polar surface area (TPSA) is 176 Å². The molecule has 1 aliphatic heterocycles. The molecule has 1 amide bonds. The first-order valence-corrected chi connectivity index (χ1v) is 10.4. The quantitative estimate of drug-likeness (QED) is 0.252. The van der Waals surface area contributed by atoms with Gasteiger partial charge in [0.25, 0.3) is 5.91 Å². The van der Waals surface area contributed by atoms with E-state index in [0.29, 0.717) is 28.5 Å². The fourth-order valence-corrected chi connectivity index (χ4v) is 3.80. The van der Waals surface area contributed by atoms with Crippen LogP contribution in [0.5, 0.6) is 0 Å². The standard InChI is InChI=1S/C20H20ClN9O4/c1-22-19(33)15-13(31)14(32)20(34-15)30-8-27-12-17(25-6-11-5-24-7-26-11)28-16(29-18(12)30)9-2-10(21)4-23-3-9/h2-5,7-8,13-15,20,31-32H,6H2,1H3,(H,22,33)(H,24,26)(H,25,28,29)/t13-,14+,15-,20+/m0/s1/i1D3. The number of imidazole rings is 2. The van der Waals surface area contributed by atoms with Crippen LogP contribution in [0.2, 0.25) is 5.02 Å². The average molecular weight is 489 g/mol. The van der Waals surface area contributed by atoms with Crippen LogP contribution in [0.15, 0.2) is 37.3 Å². The van der Waals surface area contributed by atoms with Crippen molar-refractivity contribution in [2.45, 2.75) is 31.1 Å². The van der Waals surface area contributed by atoms with Crippen molar-refractivity contribution < 1.29 is 23.9 Å². The summed E-state index contributed by atoms with van der Waals surface area (Å²) >= 11 is 6.10. The monoisotopic (exact) mass is 488 g/mol. The number of aliphatic hydroxyl groups is 2. The van der Waals surface area contributed by atoms with Gasteiger partial charge in [0.1, 0.15) is 12.2 Å². The Labute approximate surface area is 201 Å². The van der Waals surface area contributed by atoms with E-state index in [1.165, 1.54) is 29.6 Å². The number of likely N-dealkylation sites (N-methyl/N-ethyl adjacent to an activating group) is 1. The second-order valence-electron chi connectivity index (χ2n) is 7.46. The minimum absolute atomic E-state index is 0.199. The van der Waals surface area contributed by atoms with Gasteiger partial charge in [0, 0.05) is 35.2 Å². The molecule has 13 nitrogen and oxygen atoms in total. The third-order valence-corrected chi connectivity index (χ3v) is 5.49. The normalized spacial score (nSPS) is 23.9. The zero-order valence-corrected chi connectivity index (χ0v) is 18.0. The molecule has 5 N–H and O–H groups in total. The Hall–Kier alpha value is -3.65. The number of aliphatic hydroxyl groups excluding tert-OH is 2. The first-order valence-electron chi connectivity index (χ1n) is 11.5. The first kappa shape index (κ1) is 18.7. The zero-order valence-electron chi connectivity index (χ0n) is 20.3. The summed E-state index contributed by atoms with van der Waals surface area (Å²) < 4.78 is 28.6. The van der Waals surface area contributed by atoms with Gasteiger partial charge < -0.3 is 30.6 Å². The molecule has 1 saturated heterocycles. The molecule has 0 aliphatic carbocycles. The molecule has 4 aromatic heterocycles. The summed E-state index contributed by atoms with van der Waals surface area (Å²) in [5.74, 6) is -0.542. The highest BCUT2D eigenvalue weighted by molar-refractivity contribution is 6.30. The fraction of sp³-hybridized carbons (Fsp3) is 0.300. The third-order valence-electron chi connectivity index (χ3n) is 5.28. The van der Waals surface area contributed by atoms with Crippen molar-refractivity contribution >= 4 is 34.5 Å². The summed E-state index contributed by atoms with van der Waals surface area (Å²) in [5, 5.41) is 26.4. The van der Waals surface area contributed by atoms with Crippen molar-refractivity contribution in [1.29, 1.82) is 0 Å². The van der Waals surface area contributed by atoms with Crippen LogP contribution in [0.1, 0.15) is 16.0 Å². The number of anilines is 1. The van der Waals surface area contributed by atoms with Crippen molar-refractivity contribution in [2.24, 2.45) is 0 Å². The summed E-state index contributed by atoms with van der Waals surface area (Å²) in [7, 11) is 0. The Bertz CT molecular complexity index is 1430. The van der Waals surface area contributed by atoms with E-state index < -0.39 is 37.4 Å². The lowest BCUT2D eigenvalue weighted by molar-refractivity contribution is -0.137. The van der Waals surface area contributed by atoms with Crippen LogP contribution in [0, 0.1) is 0 Å². The molecule has 4 atom stereocenters. The number of halogens is 1. The second-order valence-corrected chi connectivity index (χ2v) is 7.90. The minimum atomic E-state index is -2.80. The van der Waals surface area contributed by atoms with Crippen LogP contribution in [-0.4, -0.2) is 75.9 Å². The number of H-pyrrole nitrogens is 1. The van der Waals surface area contributed by atoms with E-state index in [4.69, 9.17) is 20.5 Å². The highest BCUT2D eigenvalue weighted by Gasteiger charge is 2.47. The highest BCUT2D eigenvalue weighted by atomic mass is 35.5. The number of carbonyl (C=O) groups excluding carboxylic acids is 1. The van der Waals surface area contributed by atoms with Crippen LogP contribution in [0.4, 0.5) is 5.82 Å². The van der Waals surface area contributed by atoms with E-state index in [9.17, 15) is 15.0 Å². The van der Waals surface area contributed by atoms with Gasteiger partial charge in [0.2, 0.25) is 0 Å². The maximum Gasteiger partial charge on any atom is 0.251 e. The lowest BCUT2D eigenvalue weighted by Gasteiger charge is -2.17. The van der Waals surface area contributed by atoms with E-state index in [2.05, 4.69) is 35.2 Å². The number of rotatable bonds is 6. The number of nitrogens with one attached hydrogen (secondary N) is 3. The van der Waals surface area contributed by atoms with Gasteiger partial charge in [-0.2, -0.15) is 0 Å². The summed E-state index contributed by atoms with van der Waals surface area (Å²) in [6.45, 7) is -2.47. The Morgan fingerprint density at radius 2 is 2.18 bits per heavy atom. The molecule has 0 unspecified atom stereocenters. The average Bonchev–Trinajstić information content (AvgIpc) is 3.57. The van der Waals surface area contributed by atoms with Gasteiger partial charge in [-0.25, -0.2) is 19.9 Å². The number of pyridine rings is 1. The van der Waals surface area contributed by atoms with E-state index in [1.807, 2.05) is 0 Å². The SMILES string of the molecule is [2H]C([2H])([2H])NC(=O)[C@H]1O[C@@H](n2cnc3c(NCc4cnc[nH]4)nc(-c4cncc(Cl)c4)nc32)[C@H](O)[C@@H]1O. The Balaban J connectivity index is 1.54. The van der Waals surface area contributed by atoms with Crippen LogP contribution in [0.25, 0.3) is 22.6 Å². The van der Waals surface area contributed by atoms with Crippen LogP contribution < -0.4 is 10.6 Å². The number of ether oxygens (including phenoxy) is 1. The van der Waals surface area contributed by atoms with Crippen molar-refractivity contribution in [3.8, 4) is 11.4 Å². The molecule has 0 bridgehead atoms. The summed E-state index contributed by atoms with van der Waals surface area (Å²) in [6, 6.07) is 1.62. The number of aromatic nitrogens is 7. The summed E-state index contributed by atoms with van der Waals surface area (Å²) in [5.41, 5.74) is 1.77. The molecule has 34 heavy (non-hydrogen) atoms. The van der Waals surface area contributed by atoms with Gasteiger partial charge in [-0.3, -0.25) is 14.3 Å². The van der Waals surface area contributed by atoms with Gasteiger partial charge in [0.05, 0.1) is 29.9 Å². The summed E-state index contributed by atoms with van der Waals surface area (Å²) in [6.07, 6.45) is 1.20. The second kappa shape index (κ2) is 8.95. The van der Waals surface area contributed by atoms with E-state index >= 15 is 0 Å². The highest BCUT2D eigenvalue weighted by Crippen LogP contribution is 2.33. The van der Waals surface area contributed by atoms with Crippen molar-refractivity contribution in [3.05, 3.63) is 48.0 Å². The molecule has 0 saturated carbocycles. The Morgan fingerprint density at radius 1 is 1.29 bits per heavy atom. The number of nitrogens with zero attached hydrogens (tertiary/aromatic N) is 6. The molecule has 0 radical (unpaired) electrons.